The first-order valence-corrected chi connectivity index (χ1v) is 7.93. The number of hydrogen-bond donors (Lipinski definition) is 0. The average Bonchev–Trinajstić information content (AvgIpc) is 2.42. The quantitative estimate of drug-likeness (QED) is 0.456. The SMILES string of the molecule is CCOc1ccc2c(c1)[n+]([O-])c(CBr)c(CBr)[n+]2[O-]. The largest absolute Gasteiger partial charge is 0.618 e. The van der Waals surface area contributed by atoms with Crippen LogP contribution in [-0.2, 0) is 10.7 Å². The Bertz CT molecular complexity index is 620. The first-order valence-electron chi connectivity index (χ1n) is 5.69. The van der Waals surface area contributed by atoms with Crippen molar-refractivity contribution in [2.45, 2.75) is 17.6 Å². The van der Waals surface area contributed by atoms with E-state index in [1.807, 2.05) is 6.92 Å². The zero-order chi connectivity index (χ0) is 14.0. The predicted molar refractivity (Wildman–Crippen MR) is 78.3 cm³/mol. The highest BCUT2D eigenvalue weighted by Crippen LogP contribution is 2.19. The predicted octanol–water partition coefficient (Wildman–Crippen LogP) is 2.30. The number of ether oxygens (including phenoxy) is 1. The number of rotatable bonds is 4. The molecule has 0 aliphatic heterocycles. The van der Waals surface area contributed by atoms with Crippen LogP contribution in [0.1, 0.15) is 18.3 Å². The van der Waals surface area contributed by atoms with Gasteiger partial charge in [0.25, 0.3) is 22.4 Å². The third-order valence-electron chi connectivity index (χ3n) is 2.77. The molecule has 1 aromatic carbocycles. The van der Waals surface area contributed by atoms with Crippen LogP contribution in [-0.4, -0.2) is 6.61 Å². The van der Waals surface area contributed by atoms with Crippen molar-refractivity contribution in [3.05, 3.63) is 40.0 Å². The second kappa shape index (κ2) is 5.92. The molecule has 7 heteroatoms. The number of fused-ring (bicyclic) bond motifs is 1. The number of alkyl halides is 2. The minimum absolute atomic E-state index is 0.306. The Kier molecular flexibility index (Phi) is 4.46. The molecule has 2 rings (SSSR count). The number of nitrogens with zero attached hydrogens (tertiary/aromatic N) is 2. The van der Waals surface area contributed by atoms with Crippen molar-refractivity contribution in [3.63, 3.8) is 0 Å². The maximum Gasteiger partial charge on any atom is 0.294 e. The summed E-state index contributed by atoms with van der Waals surface area (Å²) in [4.78, 5) is 0. The minimum atomic E-state index is 0.306. The third-order valence-corrected chi connectivity index (χ3v) is 3.83. The number of benzene rings is 1. The molecular formula is C12H12Br2N2O3. The van der Waals surface area contributed by atoms with E-state index in [0.29, 0.717) is 45.4 Å². The molecule has 19 heavy (non-hydrogen) atoms. The van der Waals surface area contributed by atoms with Gasteiger partial charge in [0.15, 0.2) is 0 Å². The lowest BCUT2D eigenvalue weighted by molar-refractivity contribution is -0.638. The molecular weight excluding hydrogens is 380 g/mol. The van der Waals surface area contributed by atoms with Crippen molar-refractivity contribution in [2.75, 3.05) is 6.61 Å². The van der Waals surface area contributed by atoms with Crippen molar-refractivity contribution in [1.82, 2.24) is 0 Å². The fourth-order valence-corrected chi connectivity index (χ4v) is 2.98. The molecule has 0 amide bonds. The molecule has 0 saturated carbocycles. The first kappa shape index (κ1) is 14.3. The second-order valence-electron chi connectivity index (χ2n) is 3.83. The first-order chi connectivity index (χ1) is 9.13. The fraction of sp³-hybridized carbons (Fsp3) is 0.333. The van der Waals surface area contributed by atoms with Crippen LogP contribution < -0.4 is 14.2 Å². The Hall–Kier alpha value is -1.08. The summed E-state index contributed by atoms with van der Waals surface area (Å²) in [6.45, 7) is 2.37. The molecule has 0 spiro atoms. The van der Waals surface area contributed by atoms with Gasteiger partial charge in [-0.3, -0.25) is 0 Å². The monoisotopic (exact) mass is 390 g/mol. The molecule has 0 saturated heterocycles. The summed E-state index contributed by atoms with van der Waals surface area (Å²) in [5.74, 6) is 0.576. The Morgan fingerprint density at radius 2 is 1.63 bits per heavy atom. The van der Waals surface area contributed by atoms with E-state index in [0.717, 1.165) is 9.46 Å². The van der Waals surface area contributed by atoms with Gasteiger partial charge in [-0.1, -0.05) is 31.9 Å². The van der Waals surface area contributed by atoms with E-state index in [4.69, 9.17) is 4.74 Å². The molecule has 0 radical (unpaired) electrons. The van der Waals surface area contributed by atoms with E-state index < -0.39 is 0 Å². The zero-order valence-corrected chi connectivity index (χ0v) is 13.4. The standard InChI is InChI=1S/C12H12Br2N2O3/c1-2-19-8-3-4-9-10(5-8)16(18)12(7-14)11(6-13)15(9)17/h3-5H,2,6-7H2,1H3. The Morgan fingerprint density at radius 1 is 1.05 bits per heavy atom. The van der Waals surface area contributed by atoms with Gasteiger partial charge >= 0.3 is 0 Å². The van der Waals surface area contributed by atoms with Gasteiger partial charge in [0.1, 0.15) is 5.75 Å². The summed E-state index contributed by atoms with van der Waals surface area (Å²) in [5.41, 5.74) is 1.44. The van der Waals surface area contributed by atoms with Crippen LogP contribution in [0.25, 0.3) is 11.0 Å². The van der Waals surface area contributed by atoms with Crippen LogP contribution in [0.3, 0.4) is 0 Å². The molecule has 102 valence electrons. The number of aromatic nitrogens is 2. The molecule has 0 aliphatic carbocycles. The Balaban J connectivity index is 2.78. The highest BCUT2D eigenvalue weighted by atomic mass is 79.9. The van der Waals surface area contributed by atoms with Crippen LogP contribution in [0.5, 0.6) is 5.75 Å². The summed E-state index contributed by atoms with van der Waals surface area (Å²) in [6, 6.07) is 4.88. The van der Waals surface area contributed by atoms with E-state index in [-0.39, 0.29) is 0 Å². The van der Waals surface area contributed by atoms with Gasteiger partial charge < -0.3 is 15.2 Å². The van der Waals surface area contributed by atoms with E-state index in [9.17, 15) is 10.4 Å². The van der Waals surface area contributed by atoms with E-state index >= 15 is 0 Å². The van der Waals surface area contributed by atoms with Gasteiger partial charge in [-0.15, -0.1) is 0 Å². The number of halogens is 2. The zero-order valence-electron chi connectivity index (χ0n) is 10.2. The lowest BCUT2D eigenvalue weighted by atomic mass is 10.2. The van der Waals surface area contributed by atoms with Crippen LogP contribution in [0.2, 0.25) is 0 Å². The van der Waals surface area contributed by atoms with Crippen molar-refractivity contribution in [2.24, 2.45) is 0 Å². The molecule has 1 aromatic heterocycles. The number of hydrogen-bond acceptors (Lipinski definition) is 3. The van der Waals surface area contributed by atoms with Crippen LogP contribution in [0.15, 0.2) is 18.2 Å². The van der Waals surface area contributed by atoms with E-state index in [1.54, 1.807) is 18.2 Å². The fourth-order valence-electron chi connectivity index (χ4n) is 1.88. The molecule has 0 unspecified atom stereocenters. The van der Waals surface area contributed by atoms with Crippen LogP contribution in [0.4, 0.5) is 0 Å². The highest BCUT2D eigenvalue weighted by Gasteiger charge is 2.26. The molecule has 0 aliphatic rings. The molecule has 0 bridgehead atoms. The van der Waals surface area contributed by atoms with E-state index in [2.05, 4.69) is 31.9 Å². The summed E-state index contributed by atoms with van der Waals surface area (Å²) in [5, 5.41) is 25.2. The average molecular weight is 392 g/mol. The lowest BCUT2D eigenvalue weighted by Gasteiger charge is -2.11. The van der Waals surface area contributed by atoms with Crippen molar-refractivity contribution in [1.29, 1.82) is 0 Å². The maximum absolute atomic E-state index is 12.3. The van der Waals surface area contributed by atoms with E-state index in [1.165, 1.54) is 0 Å². The Labute approximate surface area is 127 Å². The maximum atomic E-state index is 12.3. The molecule has 0 N–H and O–H groups in total. The van der Waals surface area contributed by atoms with Gasteiger partial charge in [0, 0.05) is 6.07 Å². The topological polar surface area (TPSA) is 63.1 Å². The Morgan fingerprint density at radius 3 is 2.16 bits per heavy atom. The van der Waals surface area contributed by atoms with Crippen LogP contribution in [0, 0.1) is 10.4 Å². The lowest BCUT2D eigenvalue weighted by Crippen LogP contribution is -2.45. The summed E-state index contributed by atoms with van der Waals surface area (Å²) < 4.78 is 6.91. The minimum Gasteiger partial charge on any atom is -0.618 e. The van der Waals surface area contributed by atoms with Crippen molar-refractivity contribution >= 4 is 42.9 Å². The summed E-state index contributed by atoms with van der Waals surface area (Å²) >= 11 is 6.48. The molecule has 5 nitrogen and oxygen atoms in total. The molecule has 0 atom stereocenters. The van der Waals surface area contributed by atoms with Gasteiger partial charge in [0.2, 0.25) is 0 Å². The molecule has 0 fully saturated rings. The van der Waals surface area contributed by atoms with Crippen molar-refractivity contribution in [3.8, 4) is 5.75 Å². The summed E-state index contributed by atoms with van der Waals surface area (Å²) in [7, 11) is 0. The van der Waals surface area contributed by atoms with Crippen LogP contribution >= 0.6 is 31.9 Å². The van der Waals surface area contributed by atoms with Gasteiger partial charge in [-0.05, 0) is 13.0 Å². The molecule has 2 aromatic rings. The van der Waals surface area contributed by atoms with Gasteiger partial charge in [-0.2, -0.15) is 9.46 Å². The van der Waals surface area contributed by atoms with Gasteiger partial charge in [0.05, 0.1) is 23.3 Å². The van der Waals surface area contributed by atoms with Gasteiger partial charge in [-0.25, -0.2) is 0 Å². The smallest absolute Gasteiger partial charge is 0.294 e. The molecule has 1 heterocycles. The third kappa shape index (κ3) is 2.49. The van der Waals surface area contributed by atoms with Crippen molar-refractivity contribution < 1.29 is 14.2 Å². The summed E-state index contributed by atoms with van der Waals surface area (Å²) in [6.07, 6.45) is 0. The normalized spacial score (nSPS) is 10.9. The highest BCUT2D eigenvalue weighted by molar-refractivity contribution is 9.09. The second-order valence-corrected chi connectivity index (χ2v) is 4.95.